The van der Waals surface area contributed by atoms with E-state index >= 15 is 0 Å². The highest BCUT2D eigenvalue weighted by atomic mass is 16.4. The molecule has 5 nitrogen and oxygen atoms in total. The number of carbonyl (C=O) groups is 3. The fourth-order valence-corrected chi connectivity index (χ4v) is 2.63. The Kier molecular flexibility index (Phi) is 1.98. The molecule has 0 spiro atoms. The van der Waals surface area contributed by atoms with E-state index in [1.54, 1.807) is 0 Å². The number of carboxylic acids is 1. The molecule has 3 rings (SSSR count). The summed E-state index contributed by atoms with van der Waals surface area (Å²) in [6, 6.07) is 0. The van der Waals surface area contributed by atoms with Gasteiger partial charge in [0.15, 0.2) is 5.78 Å². The number of nitrogens with two attached hydrogens (primary N) is 1. The van der Waals surface area contributed by atoms with Gasteiger partial charge in [0.2, 0.25) is 0 Å². The second kappa shape index (κ2) is 2.88. The van der Waals surface area contributed by atoms with E-state index < -0.39 is 16.8 Å². The van der Waals surface area contributed by atoms with E-state index in [0.29, 0.717) is 6.42 Å². The Morgan fingerprint density at radius 2 is 1.93 bits per heavy atom. The Morgan fingerprint density at radius 1 is 1.27 bits per heavy atom. The zero-order valence-corrected chi connectivity index (χ0v) is 8.28. The van der Waals surface area contributed by atoms with Crippen LogP contribution in [-0.2, 0) is 14.4 Å². The molecular formula is C10H13NO4. The molecule has 15 heavy (non-hydrogen) atoms. The van der Waals surface area contributed by atoms with Crippen LogP contribution in [0, 0.1) is 10.8 Å². The van der Waals surface area contributed by atoms with Gasteiger partial charge in [-0.1, -0.05) is 0 Å². The maximum absolute atomic E-state index is 11.8. The molecule has 5 heteroatoms. The smallest absolute Gasteiger partial charge is 0.317 e. The highest BCUT2D eigenvalue weighted by molar-refractivity contribution is 6.12. The van der Waals surface area contributed by atoms with Crippen molar-refractivity contribution in [3.63, 3.8) is 0 Å². The van der Waals surface area contributed by atoms with E-state index in [4.69, 9.17) is 10.8 Å². The monoisotopic (exact) mass is 211 g/mol. The molecule has 3 saturated carbocycles. The zero-order valence-electron chi connectivity index (χ0n) is 8.28. The topological polar surface area (TPSA) is 97.5 Å². The normalized spacial score (nSPS) is 39.5. The van der Waals surface area contributed by atoms with E-state index in [1.165, 1.54) is 0 Å². The largest absolute Gasteiger partial charge is 0.480 e. The molecule has 0 heterocycles. The Labute approximate surface area is 86.6 Å². The summed E-state index contributed by atoms with van der Waals surface area (Å²) in [5.74, 6) is -1.64. The molecule has 0 saturated heterocycles. The molecule has 0 aromatic carbocycles. The summed E-state index contributed by atoms with van der Waals surface area (Å²) in [6.45, 7) is 0.146. The van der Waals surface area contributed by atoms with E-state index in [1.807, 2.05) is 0 Å². The molecule has 3 aliphatic rings. The van der Waals surface area contributed by atoms with Crippen molar-refractivity contribution in [1.82, 2.24) is 0 Å². The van der Waals surface area contributed by atoms with Gasteiger partial charge in [-0.2, -0.15) is 0 Å². The number of Topliss-reactive ketones (excluding diaryl/α,β-unsaturated/α-hetero) is 2. The van der Waals surface area contributed by atoms with Crippen LogP contribution in [-0.4, -0.2) is 29.2 Å². The van der Waals surface area contributed by atoms with Crippen molar-refractivity contribution < 1.29 is 19.5 Å². The fraction of sp³-hybridized carbons (Fsp3) is 0.700. The summed E-state index contributed by atoms with van der Waals surface area (Å²) < 4.78 is 0. The van der Waals surface area contributed by atoms with Crippen molar-refractivity contribution in [3.8, 4) is 0 Å². The lowest BCUT2D eigenvalue weighted by Crippen LogP contribution is -2.59. The molecular weight excluding hydrogens is 198 g/mol. The van der Waals surface area contributed by atoms with E-state index in [0.717, 1.165) is 0 Å². The molecule has 0 aromatic rings. The zero-order chi connectivity index (χ0) is 11.3. The van der Waals surface area contributed by atoms with Gasteiger partial charge in [-0.25, -0.2) is 0 Å². The highest BCUT2D eigenvalue weighted by Gasteiger charge is 2.62. The molecule has 3 N–H and O–H groups in total. The van der Waals surface area contributed by atoms with Gasteiger partial charge in [-0.15, -0.1) is 0 Å². The second-order valence-corrected chi connectivity index (χ2v) is 4.57. The average molecular weight is 211 g/mol. The maximum atomic E-state index is 11.8. The molecule has 0 radical (unpaired) electrons. The number of fused-ring (bicyclic) bond motifs is 3. The fourth-order valence-electron chi connectivity index (χ4n) is 2.63. The van der Waals surface area contributed by atoms with E-state index in [9.17, 15) is 14.4 Å². The van der Waals surface area contributed by atoms with E-state index in [-0.39, 0.29) is 37.4 Å². The van der Waals surface area contributed by atoms with Crippen LogP contribution in [0.3, 0.4) is 0 Å². The van der Waals surface area contributed by atoms with Gasteiger partial charge in [-0.05, 0) is 12.8 Å². The SMILES string of the molecule is NCC12CCC(C(=O)O)(CC1=O)C(=O)C2. The number of carbonyl (C=O) groups excluding carboxylic acids is 2. The number of hydrogen-bond donors (Lipinski definition) is 2. The first-order valence-electron chi connectivity index (χ1n) is 4.97. The standard InChI is InChI=1S/C10H13NO4/c11-5-9-1-2-10(8(14)15,4-6(9)12)7(13)3-9/h1-5,11H2,(H,14,15). The van der Waals surface area contributed by atoms with Gasteiger partial charge < -0.3 is 10.8 Å². The van der Waals surface area contributed by atoms with Gasteiger partial charge in [0, 0.05) is 24.8 Å². The lowest BCUT2D eigenvalue weighted by atomic mass is 9.52. The molecule has 3 fully saturated rings. The first-order valence-corrected chi connectivity index (χ1v) is 4.97. The average Bonchev–Trinajstić information content (AvgIpc) is 2.20. The predicted molar refractivity (Wildman–Crippen MR) is 50.0 cm³/mol. The van der Waals surface area contributed by atoms with Crippen LogP contribution < -0.4 is 5.73 Å². The van der Waals surface area contributed by atoms with Crippen molar-refractivity contribution in [1.29, 1.82) is 0 Å². The summed E-state index contributed by atoms with van der Waals surface area (Å²) in [7, 11) is 0. The highest BCUT2D eigenvalue weighted by Crippen LogP contribution is 2.52. The first kappa shape index (κ1) is 10.3. The van der Waals surface area contributed by atoms with Crippen molar-refractivity contribution in [2.24, 2.45) is 16.6 Å². The summed E-state index contributed by atoms with van der Waals surface area (Å²) in [4.78, 5) is 34.6. The van der Waals surface area contributed by atoms with Crippen molar-refractivity contribution >= 4 is 17.5 Å². The molecule has 0 amide bonds. The summed E-state index contributed by atoms with van der Waals surface area (Å²) in [6.07, 6.45) is 0.525. The molecule has 3 aliphatic carbocycles. The Bertz CT molecular complexity index is 364. The minimum Gasteiger partial charge on any atom is -0.480 e. The Morgan fingerprint density at radius 3 is 2.33 bits per heavy atom. The molecule has 0 aliphatic heterocycles. The van der Waals surface area contributed by atoms with E-state index in [2.05, 4.69) is 0 Å². The third-order valence-electron chi connectivity index (χ3n) is 3.92. The van der Waals surface area contributed by atoms with Crippen molar-refractivity contribution in [2.75, 3.05) is 6.54 Å². The molecule has 0 aromatic heterocycles. The summed E-state index contributed by atoms with van der Waals surface area (Å²) in [5, 5.41) is 9.05. The lowest BCUT2D eigenvalue weighted by molar-refractivity contribution is -0.171. The van der Waals surface area contributed by atoms with Crippen LogP contribution in [0.5, 0.6) is 0 Å². The first-order chi connectivity index (χ1) is 6.97. The molecule has 2 unspecified atom stereocenters. The van der Waals surface area contributed by atoms with Gasteiger partial charge in [0.25, 0.3) is 0 Å². The Balaban J connectivity index is 2.42. The number of carboxylic acid groups (broad SMARTS) is 1. The minimum atomic E-state index is -1.44. The number of aliphatic carboxylic acids is 1. The predicted octanol–water partition coefficient (Wildman–Crippen LogP) is -0.272. The summed E-state index contributed by atoms with van der Waals surface area (Å²) >= 11 is 0. The van der Waals surface area contributed by atoms with Gasteiger partial charge >= 0.3 is 5.97 Å². The number of ketones is 2. The van der Waals surface area contributed by atoms with Gasteiger partial charge in [0.05, 0.1) is 0 Å². The van der Waals surface area contributed by atoms with Gasteiger partial charge in [0.1, 0.15) is 11.2 Å². The Hall–Kier alpha value is -1.23. The second-order valence-electron chi connectivity index (χ2n) is 4.57. The van der Waals surface area contributed by atoms with Gasteiger partial charge in [-0.3, -0.25) is 14.4 Å². The maximum Gasteiger partial charge on any atom is 0.317 e. The number of hydrogen-bond acceptors (Lipinski definition) is 4. The third-order valence-corrected chi connectivity index (χ3v) is 3.92. The van der Waals surface area contributed by atoms with Crippen LogP contribution in [0.2, 0.25) is 0 Å². The molecule has 2 bridgehead atoms. The van der Waals surface area contributed by atoms with Crippen LogP contribution in [0.25, 0.3) is 0 Å². The van der Waals surface area contributed by atoms with Crippen molar-refractivity contribution in [3.05, 3.63) is 0 Å². The van der Waals surface area contributed by atoms with Crippen LogP contribution in [0.1, 0.15) is 25.7 Å². The quantitative estimate of drug-likeness (QED) is 0.612. The minimum absolute atomic E-state index is 0.00856. The third kappa shape index (κ3) is 1.10. The van der Waals surface area contributed by atoms with Crippen LogP contribution >= 0.6 is 0 Å². The summed E-state index contributed by atoms with van der Waals surface area (Å²) in [5.41, 5.74) is 3.33. The molecule has 82 valence electrons. The van der Waals surface area contributed by atoms with Crippen LogP contribution in [0.4, 0.5) is 0 Å². The number of rotatable bonds is 2. The van der Waals surface area contributed by atoms with Crippen LogP contribution in [0.15, 0.2) is 0 Å². The lowest BCUT2D eigenvalue weighted by Gasteiger charge is -2.47. The van der Waals surface area contributed by atoms with Crippen molar-refractivity contribution in [2.45, 2.75) is 25.7 Å². The molecule has 2 atom stereocenters.